The summed E-state index contributed by atoms with van der Waals surface area (Å²) in [5.41, 5.74) is 1.13. The van der Waals surface area contributed by atoms with Gasteiger partial charge >= 0.3 is 0 Å². The van der Waals surface area contributed by atoms with Gasteiger partial charge in [0.15, 0.2) is 0 Å². The van der Waals surface area contributed by atoms with Crippen LogP contribution >= 0.6 is 11.8 Å². The van der Waals surface area contributed by atoms with Crippen molar-refractivity contribution in [3.05, 3.63) is 47.8 Å². The third kappa shape index (κ3) is 4.91. The molecule has 7 nitrogen and oxygen atoms in total. The monoisotopic (exact) mass is 477 g/mol. The van der Waals surface area contributed by atoms with Gasteiger partial charge in [-0.05, 0) is 61.7 Å². The minimum Gasteiger partial charge on any atom is -0.343 e. The fourth-order valence-electron chi connectivity index (χ4n) is 3.80. The van der Waals surface area contributed by atoms with Gasteiger partial charge < -0.3 is 10.2 Å². The van der Waals surface area contributed by atoms with Crippen LogP contribution in [0.1, 0.15) is 24.8 Å². The van der Waals surface area contributed by atoms with Crippen molar-refractivity contribution in [3.8, 4) is 0 Å². The van der Waals surface area contributed by atoms with E-state index < -0.39 is 21.8 Å². The van der Waals surface area contributed by atoms with Crippen LogP contribution in [0.25, 0.3) is 0 Å². The lowest BCUT2D eigenvalue weighted by atomic mass is 10.1. The maximum Gasteiger partial charge on any atom is 0.261 e. The first kappa shape index (κ1) is 22.6. The maximum atomic E-state index is 13.3. The molecule has 170 valence electrons. The van der Waals surface area contributed by atoms with E-state index in [0.29, 0.717) is 17.0 Å². The molecule has 4 rings (SSSR count). The average molecular weight is 478 g/mol. The number of sulfonamides is 1. The fraction of sp³-hybridized carbons (Fsp3) is 0.364. The molecule has 0 aromatic heterocycles. The van der Waals surface area contributed by atoms with Crippen LogP contribution in [0.4, 0.5) is 15.8 Å². The first-order valence-corrected chi connectivity index (χ1v) is 12.8. The van der Waals surface area contributed by atoms with Crippen LogP contribution in [0.5, 0.6) is 0 Å². The molecule has 32 heavy (non-hydrogen) atoms. The third-order valence-corrected chi connectivity index (χ3v) is 8.24. The van der Waals surface area contributed by atoms with Crippen LogP contribution < -0.4 is 10.0 Å². The molecule has 0 spiro atoms. The maximum absolute atomic E-state index is 13.3. The normalized spacial score (nSPS) is 18.6. The van der Waals surface area contributed by atoms with Crippen molar-refractivity contribution in [1.82, 2.24) is 4.90 Å². The number of halogens is 1. The molecular weight excluding hydrogens is 453 g/mol. The molecule has 0 unspecified atom stereocenters. The zero-order valence-electron chi connectivity index (χ0n) is 17.6. The molecule has 1 atom stereocenters. The van der Waals surface area contributed by atoms with Crippen LogP contribution in [0.15, 0.2) is 46.2 Å². The van der Waals surface area contributed by atoms with Gasteiger partial charge in [-0.3, -0.25) is 14.3 Å². The first-order valence-electron chi connectivity index (χ1n) is 10.4. The number of nitrogens with zero attached hydrogens (tertiary/aromatic N) is 1. The summed E-state index contributed by atoms with van der Waals surface area (Å²) in [6, 6.07) is 8.32. The van der Waals surface area contributed by atoms with E-state index in [0.717, 1.165) is 30.8 Å². The predicted molar refractivity (Wildman–Crippen MR) is 122 cm³/mol. The smallest absolute Gasteiger partial charge is 0.261 e. The zero-order valence-corrected chi connectivity index (χ0v) is 19.2. The van der Waals surface area contributed by atoms with Gasteiger partial charge in [-0.2, -0.15) is 0 Å². The topological polar surface area (TPSA) is 95.6 Å². The highest BCUT2D eigenvalue weighted by molar-refractivity contribution is 7.99. The summed E-state index contributed by atoms with van der Waals surface area (Å²) in [5.74, 6) is -0.803. The molecule has 10 heteroatoms. The number of benzene rings is 2. The average Bonchev–Trinajstić information content (AvgIpc) is 3.23. The van der Waals surface area contributed by atoms with Gasteiger partial charge in [-0.25, -0.2) is 12.8 Å². The standard InChI is InChI=1S/C22H24FN3O4S2/c1-14-10-16(23)4-6-18(14)25-32(29,30)17-5-7-20-19(12-17)24-22(28)15(13-31-20)11-21(27)26-8-2-3-9-26/h4-7,10,12,15,25H,2-3,8-9,11,13H2,1H3,(H,24,28)/t15-/m1/s1. The first-order chi connectivity index (χ1) is 15.2. The molecule has 1 saturated heterocycles. The number of carbonyl (C=O) groups is 2. The fourth-order valence-corrected chi connectivity index (χ4v) is 6.04. The summed E-state index contributed by atoms with van der Waals surface area (Å²) in [7, 11) is -3.95. The number of hydrogen-bond acceptors (Lipinski definition) is 5. The number of thioether (sulfide) groups is 1. The lowest BCUT2D eigenvalue weighted by Gasteiger charge is -2.18. The van der Waals surface area contributed by atoms with E-state index in [1.165, 1.54) is 42.1 Å². The molecular formula is C22H24FN3O4S2. The van der Waals surface area contributed by atoms with Crippen molar-refractivity contribution in [1.29, 1.82) is 0 Å². The van der Waals surface area contributed by atoms with Crippen LogP contribution in [-0.4, -0.2) is 44.0 Å². The number of amides is 2. The number of nitrogens with one attached hydrogen (secondary N) is 2. The van der Waals surface area contributed by atoms with Gasteiger partial charge in [-0.1, -0.05) is 0 Å². The van der Waals surface area contributed by atoms with E-state index >= 15 is 0 Å². The van der Waals surface area contributed by atoms with Crippen LogP contribution in [0, 0.1) is 18.7 Å². The highest BCUT2D eigenvalue weighted by atomic mass is 32.2. The Hall–Kier alpha value is -2.59. The van der Waals surface area contributed by atoms with Gasteiger partial charge in [0, 0.05) is 30.2 Å². The Labute approximate surface area is 190 Å². The molecule has 2 amide bonds. The van der Waals surface area contributed by atoms with Crippen molar-refractivity contribution in [2.75, 3.05) is 28.9 Å². The third-order valence-electron chi connectivity index (χ3n) is 5.64. The molecule has 1 fully saturated rings. The number of carbonyl (C=O) groups excluding carboxylic acids is 2. The summed E-state index contributed by atoms with van der Waals surface area (Å²) < 4.78 is 41.5. The second-order valence-electron chi connectivity index (χ2n) is 8.01. The molecule has 2 aliphatic rings. The Bertz CT molecular complexity index is 1160. The summed E-state index contributed by atoms with van der Waals surface area (Å²) in [4.78, 5) is 27.8. The SMILES string of the molecule is Cc1cc(F)ccc1NS(=O)(=O)c1ccc2c(c1)NC(=O)[C@H](CC(=O)N1CCCC1)CS2. The Kier molecular flexibility index (Phi) is 6.43. The van der Waals surface area contributed by atoms with Gasteiger partial charge in [0.2, 0.25) is 11.8 Å². The van der Waals surface area contributed by atoms with Crippen LogP contribution in [0.3, 0.4) is 0 Å². The highest BCUT2D eigenvalue weighted by Crippen LogP contribution is 2.35. The molecule has 2 N–H and O–H groups in total. The molecule has 0 bridgehead atoms. The van der Waals surface area contributed by atoms with E-state index in [1.54, 1.807) is 17.9 Å². The van der Waals surface area contributed by atoms with Crippen molar-refractivity contribution in [2.45, 2.75) is 36.0 Å². The number of likely N-dealkylation sites (tertiary alicyclic amines) is 1. The van der Waals surface area contributed by atoms with E-state index in [2.05, 4.69) is 10.0 Å². The summed E-state index contributed by atoms with van der Waals surface area (Å²) in [5, 5.41) is 2.79. The van der Waals surface area contributed by atoms with Gasteiger partial charge in [0.25, 0.3) is 10.0 Å². The molecule has 2 aromatic carbocycles. The number of aryl methyl sites for hydroxylation is 1. The van der Waals surface area contributed by atoms with Gasteiger partial charge in [-0.15, -0.1) is 11.8 Å². The zero-order chi connectivity index (χ0) is 22.9. The van der Waals surface area contributed by atoms with E-state index in [4.69, 9.17) is 0 Å². The second-order valence-corrected chi connectivity index (χ2v) is 10.8. The molecule has 2 heterocycles. The lowest BCUT2D eigenvalue weighted by Crippen LogP contribution is -2.33. The Balaban J connectivity index is 1.50. The molecule has 2 aromatic rings. The van der Waals surface area contributed by atoms with Crippen LogP contribution in [0.2, 0.25) is 0 Å². The lowest BCUT2D eigenvalue weighted by molar-refractivity contribution is -0.133. The Morgan fingerprint density at radius 3 is 2.69 bits per heavy atom. The van der Waals surface area contributed by atoms with E-state index in [9.17, 15) is 22.4 Å². The summed E-state index contributed by atoms with van der Waals surface area (Å²) >= 11 is 1.42. The van der Waals surface area contributed by atoms with E-state index in [1.807, 2.05) is 0 Å². The molecule has 0 saturated carbocycles. The minimum atomic E-state index is -3.95. The predicted octanol–water partition coefficient (Wildman–Crippen LogP) is 3.61. The second kappa shape index (κ2) is 9.11. The number of anilines is 2. The van der Waals surface area contributed by atoms with Crippen molar-refractivity contribution in [2.24, 2.45) is 5.92 Å². The van der Waals surface area contributed by atoms with Crippen molar-refractivity contribution >= 4 is 45.0 Å². The molecule has 0 radical (unpaired) electrons. The largest absolute Gasteiger partial charge is 0.343 e. The number of fused-ring (bicyclic) bond motifs is 1. The Morgan fingerprint density at radius 1 is 1.22 bits per heavy atom. The summed E-state index contributed by atoms with van der Waals surface area (Å²) in [6.45, 7) is 3.09. The van der Waals surface area contributed by atoms with Crippen molar-refractivity contribution < 1.29 is 22.4 Å². The molecule has 0 aliphatic carbocycles. The van der Waals surface area contributed by atoms with Gasteiger partial charge in [0.1, 0.15) is 5.82 Å². The quantitative estimate of drug-likeness (QED) is 0.686. The van der Waals surface area contributed by atoms with E-state index in [-0.39, 0.29) is 28.8 Å². The Morgan fingerprint density at radius 2 is 1.97 bits per heavy atom. The molecule has 2 aliphatic heterocycles. The minimum absolute atomic E-state index is 0.0173. The summed E-state index contributed by atoms with van der Waals surface area (Å²) in [6.07, 6.45) is 2.13. The van der Waals surface area contributed by atoms with Crippen LogP contribution in [-0.2, 0) is 19.6 Å². The van der Waals surface area contributed by atoms with Gasteiger partial charge in [0.05, 0.1) is 22.2 Å². The number of rotatable bonds is 5. The van der Waals surface area contributed by atoms with Crippen molar-refractivity contribution in [3.63, 3.8) is 0 Å². The number of hydrogen-bond donors (Lipinski definition) is 2. The highest BCUT2D eigenvalue weighted by Gasteiger charge is 2.30.